The fourth-order valence-corrected chi connectivity index (χ4v) is 5.44. The van der Waals surface area contributed by atoms with Crippen LogP contribution in [0.3, 0.4) is 0 Å². The topological polar surface area (TPSA) is 231 Å². The number of rotatable bonds is 5. The zero-order valence-corrected chi connectivity index (χ0v) is 21.9. The van der Waals surface area contributed by atoms with Gasteiger partial charge in [0.05, 0.1) is 0 Å². The van der Waals surface area contributed by atoms with Gasteiger partial charge in [0, 0.05) is 0 Å². The molecular formula is C16H13AsN2NaO11S2+. The number of phenolic OH excluding ortho intramolecular Hbond substituents is 2. The van der Waals surface area contributed by atoms with Crippen molar-refractivity contribution in [2.75, 3.05) is 0 Å². The summed E-state index contributed by atoms with van der Waals surface area (Å²) in [6.45, 7) is 0. The minimum atomic E-state index is -5.47. The van der Waals surface area contributed by atoms with Crippen molar-refractivity contribution in [1.82, 2.24) is 0 Å². The Morgan fingerprint density at radius 3 is 2.00 bits per heavy atom. The van der Waals surface area contributed by atoms with E-state index in [1.165, 1.54) is 12.1 Å². The molecule has 0 bridgehead atoms. The zero-order valence-electron chi connectivity index (χ0n) is 16.4. The Labute approximate surface area is 211 Å². The van der Waals surface area contributed by atoms with Crippen LogP contribution >= 0.6 is 0 Å². The molecular weight excluding hydrogens is 558 g/mol. The van der Waals surface area contributed by atoms with E-state index in [-0.39, 0.29) is 35.2 Å². The molecule has 0 heterocycles. The van der Waals surface area contributed by atoms with E-state index in [1.807, 2.05) is 0 Å². The third kappa shape index (κ3) is 5.83. The van der Waals surface area contributed by atoms with Crippen molar-refractivity contribution in [2.24, 2.45) is 10.2 Å². The maximum atomic E-state index is 11.8. The predicted octanol–water partition coefficient (Wildman–Crippen LogP) is -2.28. The Kier molecular flexibility index (Phi) is 7.87. The number of hydrogen-bond acceptors (Lipinski definition) is 9. The summed E-state index contributed by atoms with van der Waals surface area (Å²) >= 11 is -5.47. The van der Waals surface area contributed by atoms with E-state index in [1.54, 1.807) is 0 Å². The quantitative estimate of drug-likeness (QED) is 0.109. The van der Waals surface area contributed by atoms with Gasteiger partial charge in [-0.3, -0.25) is 0 Å². The molecule has 17 heteroatoms. The van der Waals surface area contributed by atoms with E-state index in [0.717, 1.165) is 18.2 Å². The monoisotopic (exact) mass is 571 g/mol. The number of hydrogen-bond donors (Lipinski definition) is 6. The average Bonchev–Trinajstić information content (AvgIpc) is 2.64. The van der Waals surface area contributed by atoms with E-state index in [0.29, 0.717) is 12.1 Å². The minimum Gasteiger partial charge on any atom is 1.00 e. The van der Waals surface area contributed by atoms with Crippen molar-refractivity contribution in [3.05, 3.63) is 42.5 Å². The summed E-state index contributed by atoms with van der Waals surface area (Å²) in [5, 5.41) is 26.8. The van der Waals surface area contributed by atoms with E-state index in [2.05, 4.69) is 10.2 Å². The molecule has 0 amide bonds. The second-order valence-electron chi connectivity index (χ2n) is 6.30. The Bertz CT molecular complexity index is 1550. The average molecular weight is 571 g/mol. The van der Waals surface area contributed by atoms with Gasteiger partial charge in [-0.05, 0) is 0 Å². The van der Waals surface area contributed by atoms with Crippen LogP contribution in [0.4, 0.5) is 11.4 Å². The summed E-state index contributed by atoms with van der Waals surface area (Å²) in [6, 6.07) is 6.86. The molecule has 0 spiro atoms. The number of nitrogens with zero attached hydrogens (tertiary/aromatic N) is 2. The zero-order chi connectivity index (χ0) is 24.1. The molecule has 0 aliphatic heterocycles. The van der Waals surface area contributed by atoms with Gasteiger partial charge in [0.1, 0.15) is 0 Å². The fourth-order valence-electron chi connectivity index (χ4n) is 2.78. The number of azo groups is 1. The van der Waals surface area contributed by atoms with Gasteiger partial charge in [-0.2, -0.15) is 0 Å². The maximum Gasteiger partial charge on any atom is 1.00 e. The minimum absolute atomic E-state index is 0. The van der Waals surface area contributed by atoms with Crippen LogP contribution in [0.1, 0.15) is 0 Å². The molecule has 0 unspecified atom stereocenters. The Hall–Kier alpha value is -1.78. The summed E-state index contributed by atoms with van der Waals surface area (Å²) < 4.78 is 95.2. The molecule has 0 aliphatic rings. The van der Waals surface area contributed by atoms with Crippen molar-refractivity contribution in [2.45, 2.75) is 9.79 Å². The molecule has 0 saturated carbocycles. The van der Waals surface area contributed by atoms with Crippen molar-refractivity contribution in [3.63, 3.8) is 0 Å². The Morgan fingerprint density at radius 2 is 1.45 bits per heavy atom. The summed E-state index contributed by atoms with van der Waals surface area (Å²) in [4.78, 5) is -1.88. The normalized spacial score (nSPS) is 12.7. The van der Waals surface area contributed by atoms with Crippen LogP contribution < -0.4 is 33.9 Å². The molecule has 0 radical (unpaired) electrons. The second kappa shape index (κ2) is 9.46. The van der Waals surface area contributed by atoms with Gasteiger partial charge < -0.3 is 0 Å². The molecule has 0 saturated heterocycles. The van der Waals surface area contributed by atoms with Crippen molar-refractivity contribution >= 4 is 60.9 Å². The van der Waals surface area contributed by atoms with Crippen molar-refractivity contribution < 1.29 is 77.6 Å². The van der Waals surface area contributed by atoms with Crippen LogP contribution in [-0.4, -0.2) is 58.5 Å². The van der Waals surface area contributed by atoms with E-state index < -0.39 is 76.5 Å². The standard InChI is InChI=1S/C16H13AsN2O11S2.Na/c20-12-7-9(31(25,26)27)5-8-6-13(32(28,29)30)15(16(21)14(8)12)19-18-11-4-2-1-3-10(11)17(22,23)24;/h1-7,20-21H,(H2,22,23,24)(H,25,26,27)(H,28,29,30);/q;+1. The molecule has 6 N–H and O–H groups in total. The second-order valence-corrected chi connectivity index (χ2v) is 12.4. The predicted molar refractivity (Wildman–Crippen MR) is 108 cm³/mol. The number of benzene rings is 3. The number of fused-ring (bicyclic) bond motifs is 1. The molecule has 3 aromatic carbocycles. The SMILES string of the molecule is O=S(=O)(O)c1cc(O)c2c(O)c(N=Nc3ccccc3[As](=O)(O)O)c(S(=O)(=O)O)cc2c1.[Na+]. The molecule has 33 heavy (non-hydrogen) atoms. The molecule has 170 valence electrons. The summed E-state index contributed by atoms with van der Waals surface area (Å²) in [6.07, 6.45) is 0. The van der Waals surface area contributed by atoms with Crippen LogP contribution in [-0.2, 0) is 24.0 Å². The van der Waals surface area contributed by atoms with Crippen molar-refractivity contribution in [1.29, 1.82) is 0 Å². The summed E-state index contributed by atoms with van der Waals surface area (Å²) in [7, 11) is -9.93. The van der Waals surface area contributed by atoms with E-state index >= 15 is 0 Å². The van der Waals surface area contributed by atoms with Gasteiger partial charge in [0.25, 0.3) is 0 Å². The third-order valence-electron chi connectivity index (χ3n) is 4.13. The smallest absolute Gasteiger partial charge is 1.00 e. The number of aromatic hydroxyl groups is 2. The molecule has 0 aliphatic carbocycles. The molecule has 0 fully saturated rings. The van der Waals surface area contributed by atoms with Gasteiger partial charge in [-0.1, -0.05) is 0 Å². The van der Waals surface area contributed by atoms with E-state index in [9.17, 15) is 43.5 Å². The van der Waals surface area contributed by atoms with Crippen LogP contribution in [0.2, 0.25) is 0 Å². The third-order valence-corrected chi connectivity index (χ3v) is 7.94. The first-order valence-corrected chi connectivity index (χ1v) is 14.4. The molecule has 3 rings (SSSR count). The van der Waals surface area contributed by atoms with Crippen LogP contribution in [0.25, 0.3) is 10.8 Å². The first-order valence-electron chi connectivity index (χ1n) is 8.15. The van der Waals surface area contributed by atoms with Gasteiger partial charge >= 0.3 is 213 Å². The first-order chi connectivity index (χ1) is 14.6. The molecule has 3 aromatic rings. The van der Waals surface area contributed by atoms with Crippen LogP contribution in [0.15, 0.2) is 62.5 Å². The largest absolute Gasteiger partial charge is 1.00 e. The summed E-state index contributed by atoms with van der Waals surface area (Å²) in [5.74, 6) is -1.93. The van der Waals surface area contributed by atoms with Gasteiger partial charge in [-0.15, -0.1) is 0 Å². The maximum absolute atomic E-state index is 11.8. The van der Waals surface area contributed by atoms with Crippen molar-refractivity contribution in [3.8, 4) is 11.5 Å². The first kappa shape index (κ1) is 27.5. The fraction of sp³-hybridized carbons (Fsp3) is 0. The molecule has 0 atom stereocenters. The Morgan fingerprint density at radius 1 is 0.848 bits per heavy atom. The van der Waals surface area contributed by atoms with Gasteiger partial charge in [0.2, 0.25) is 0 Å². The number of phenols is 2. The summed E-state index contributed by atoms with van der Waals surface area (Å²) in [5.41, 5.74) is -1.26. The van der Waals surface area contributed by atoms with Gasteiger partial charge in [0.15, 0.2) is 0 Å². The Balaban J connectivity index is 0.00000385. The van der Waals surface area contributed by atoms with E-state index in [4.69, 9.17) is 4.55 Å². The van der Waals surface area contributed by atoms with Gasteiger partial charge in [-0.25, -0.2) is 0 Å². The molecule has 0 aromatic heterocycles. The van der Waals surface area contributed by atoms with Crippen LogP contribution in [0.5, 0.6) is 11.5 Å². The van der Waals surface area contributed by atoms with Crippen LogP contribution in [0, 0.1) is 0 Å². The molecule has 13 nitrogen and oxygen atoms in total.